The highest BCUT2D eigenvalue weighted by atomic mass is 16.3. The van der Waals surface area contributed by atoms with Crippen LogP contribution in [-0.4, -0.2) is 28.0 Å². The molecule has 4 rings (SSSR count). The van der Waals surface area contributed by atoms with Gasteiger partial charge in [-0.2, -0.15) is 0 Å². The van der Waals surface area contributed by atoms with Crippen molar-refractivity contribution in [1.82, 2.24) is 15.0 Å². The van der Waals surface area contributed by atoms with Crippen LogP contribution in [0.25, 0.3) is 22.5 Å². The number of nitrogens with zero attached hydrogens (tertiary/aromatic N) is 3. The second kappa shape index (κ2) is 5.16. The normalized spacial score (nSPS) is 15.6. The fraction of sp³-hybridized carbons (Fsp3) is 0.412. The number of hydrogen-bond acceptors (Lipinski definition) is 4. The van der Waals surface area contributed by atoms with Crippen molar-refractivity contribution in [1.29, 1.82) is 0 Å². The molecule has 1 N–H and O–H groups in total. The topological polar surface area (TPSA) is 58.0 Å². The van der Waals surface area contributed by atoms with Gasteiger partial charge in [0.15, 0.2) is 11.6 Å². The zero-order chi connectivity index (χ0) is 15.1. The van der Waals surface area contributed by atoms with E-state index in [2.05, 4.69) is 20.9 Å². The summed E-state index contributed by atoms with van der Waals surface area (Å²) in [7, 11) is 0. The molecule has 0 unspecified atom stereocenters. The monoisotopic (exact) mass is 296 g/mol. The van der Waals surface area contributed by atoms with E-state index in [1.54, 1.807) is 0 Å². The maximum atomic E-state index is 5.72. The number of furan rings is 1. The fourth-order valence-electron chi connectivity index (χ4n) is 3.16. The van der Waals surface area contributed by atoms with Gasteiger partial charge in [-0.25, -0.2) is 9.97 Å². The number of piperidine rings is 1. The molecule has 1 fully saturated rings. The van der Waals surface area contributed by atoms with Crippen molar-refractivity contribution in [3.05, 3.63) is 29.8 Å². The maximum absolute atomic E-state index is 5.72. The van der Waals surface area contributed by atoms with Gasteiger partial charge in [0.05, 0.1) is 11.2 Å². The zero-order valence-electron chi connectivity index (χ0n) is 13.0. The first kappa shape index (κ1) is 13.4. The van der Waals surface area contributed by atoms with Crippen LogP contribution in [0.1, 0.15) is 30.8 Å². The number of hydrogen-bond donors (Lipinski definition) is 1. The first-order valence-electron chi connectivity index (χ1n) is 7.90. The molecule has 0 spiro atoms. The van der Waals surface area contributed by atoms with E-state index >= 15 is 0 Å². The third-order valence-corrected chi connectivity index (χ3v) is 4.23. The third kappa shape index (κ3) is 2.26. The van der Waals surface area contributed by atoms with E-state index in [1.807, 2.05) is 26.0 Å². The van der Waals surface area contributed by atoms with Crippen LogP contribution in [0.15, 0.2) is 22.6 Å². The average Bonchev–Trinajstić information content (AvgIpc) is 3.13. The molecule has 0 radical (unpaired) electrons. The van der Waals surface area contributed by atoms with Crippen molar-refractivity contribution < 1.29 is 4.42 Å². The van der Waals surface area contributed by atoms with Gasteiger partial charge in [-0.05, 0) is 51.3 Å². The molecule has 0 aromatic carbocycles. The van der Waals surface area contributed by atoms with Gasteiger partial charge >= 0.3 is 0 Å². The molecule has 3 aromatic rings. The summed E-state index contributed by atoms with van der Waals surface area (Å²) in [6.45, 7) is 6.05. The van der Waals surface area contributed by atoms with Crippen LogP contribution in [0.3, 0.4) is 0 Å². The average molecular weight is 296 g/mol. The number of fused-ring (bicyclic) bond motifs is 1. The third-order valence-electron chi connectivity index (χ3n) is 4.23. The Morgan fingerprint density at radius 2 is 1.91 bits per heavy atom. The lowest BCUT2D eigenvalue weighted by Gasteiger charge is -2.28. The fourth-order valence-corrected chi connectivity index (χ4v) is 3.16. The van der Waals surface area contributed by atoms with Crippen molar-refractivity contribution in [3.8, 4) is 11.5 Å². The van der Waals surface area contributed by atoms with E-state index in [0.717, 1.165) is 53.0 Å². The summed E-state index contributed by atoms with van der Waals surface area (Å²) in [6.07, 6.45) is 3.77. The molecular weight excluding hydrogens is 276 g/mol. The molecule has 4 heterocycles. The Morgan fingerprint density at radius 3 is 2.64 bits per heavy atom. The van der Waals surface area contributed by atoms with Gasteiger partial charge in [-0.15, -0.1) is 0 Å². The van der Waals surface area contributed by atoms with Crippen LogP contribution in [0, 0.1) is 13.8 Å². The van der Waals surface area contributed by atoms with Crippen LogP contribution >= 0.6 is 0 Å². The van der Waals surface area contributed by atoms with Crippen molar-refractivity contribution in [2.75, 3.05) is 18.0 Å². The first-order chi connectivity index (χ1) is 10.7. The molecule has 1 aliphatic rings. The van der Waals surface area contributed by atoms with Gasteiger partial charge in [0.2, 0.25) is 0 Å². The molecule has 1 aliphatic heterocycles. The Kier molecular flexibility index (Phi) is 3.13. The zero-order valence-corrected chi connectivity index (χ0v) is 13.0. The number of aryl methyl sites for hydroxylation is 2. The smallest absolute Gasteiger partial charge is 0.156 e. The summed E-state index contributed by atoms with van der Waals surface area (Å²) in [5, 5.41) is 0. The number of aromatic nitrogens is 3. The minimum absolute atomic E-state index is 0.814. The van der Waals surface area contributed by atoms with Crippen LogP contribution in [0.4, 0.5) is 5.82 Å². The summed E-state index contributed by atoms with van der Waals surface area (Å²) in [4.78, 5) is 15.1. The molecular formula is C17H20N4O. The van der Waals surface area contributed by atoms with E-state index in [4.69, 9.17) is 9.40 Å². The Bertz CT molecular complexity index is 811. The largest absolute Gasteiger partial charge is 0.460 e. The van der Waals surface area contributed by atoms with Crippen molar-refractivity contribution in [3.63, 3.8) is 0 Å². The summed E-state index contributed by atoms with van der Waals surface area (Å²) >= 11 is 0. The predicted molar refractivity (Wildman–Crippen MR) is 87.1 cm³/mol. The second-order valence-electron chi connectivity index (χ2n) is 6.00. The lowest BCUT2D eigenvalue weighted by molar-refractivity contribution is 0.547. The molecule has 0 atom stereocenters. The van der Waals surface area contributed by atoms with Crippen molar-refractivity contribution >= 4 is 16.9 Å². The van der Waals surface area contributed by atoms with Gasteiger partial charge in [-0.1, -0.05) is 0 Å². The van der Waals surface area contributed by atoms with Crippen molar-refractivity contribution in [2.24, 2.45) is 0 Å². The maximum Gasteiger partial charge on any atom is 0.156 e. The predicted octanol–water partition coefficient (Wildman–Crippen LogP) is 3.83. The molecule has 0 amide bonds. The van der Waals surface area contributed by atoms with Crippen molar-refractivity contribution in [2.45, 2.75) is 33.1 Å². The number of rotatable bonds is 2. The molecule has 5 heteroatoms. The minimum atomic E-state index is 0.814. The molecule has 22 heavy (non-hydrogen) atoms. The highest BCUT2D eigenvalue weighted by molar-refractivity contribution is 5.90. The summed E-state index contributed by atoms with van der Waals surface area (Å²) in [5.74, 6) is 3.59. The summed E-state index contributed by atoms with van der Waals surface area (Å²) in [5.41, 5.74) is 2.93. The Balaban J connectivity index is 1.84. The van der Waals surface area contributed by atoms with E-state index in [1.165, 1.54) is 19.3 Å². The van der Waals surface area contributed by atoms with Gasteiger partial charge in [0.1, 0.15) is 17.1 Å². The van der Waals surface area contributed by atoms with Gasteiger partial charge in [0.25, 0.3) is 0 Å². The van der Waals surface area contributed by atoms with Gasteiger partial charge in [0, 0.05) is 13.1 Å². The van der Waals surface area contributed by atoms with Gasteiger partial charge < -0.3 is 14.3 Å². The van der Waals surface area contributed by atoms with Gasteiger partial charge in [-0.3, -0.25) is 0 Å². The highest BCUT2D eigenvalue weighted by Gasteiger charge is 2.19. The van der Waals surface area contributed by atoms with Crippen LogP contribution in [0.2, 0.25) is 0 Å². The number of aromatic amines is 1. The van der Waals surface area contributed by atoms with Crippen LogP contribution in [0.5, 0.6) is 0 Å². The minimum Gasteiger partial charge on any atom is -0.460 e. The molecule has 114 valence electrons. The number of H-pyrrole nitrogens is 1. The summed E-state index contributed by atoms with van der Waals surface area (Å²) < 4.78 is 5.72. The Hall–Kier alpha value is -2.30. The SMILES string of the molecule is Cc1nc(N2CCCCC2)c2[nH]c(-c3ccc(C)o3)cc2n1. The Morgan fingerprint density at radius 1 is 1.09 bits per heavy atom. The molecule has 3 aromatic heterocycles. The Labute approximate surface area is 129 Å². The van der Waals surface area contributed by atoms with E-state index < -0.39 is 0 Å². The first-order valence-corrected chi connectivity index (χ1v) is 7.90. The lowest BCUT2D eigenvalue weighted by atomic mass is 10.1. The quantitative estimate of drug-likeness (QED) is 0.781. The van der Waals surface area contributed by atoms with E-state index in [0.29, 0.717) is 0 Å². The molecule has 5 nitrogen and oxygen atoms in total. The van der Waals surface area contributed by atoms with E-state index in [-0.39, 0.29) is 0 Å². The van der Waals surface area contributed by atoms with Crippen LogP contribution < -0.4 is 4.90 Å². The summed E-state index contributed by atoms with van der Waals surface area (Å²) in [6, 6.07) is 6.01. The molecule has 1 saturated heterocycles. The highest BCUT2D eigenvalue weighted by Crippen LogP contribution is 2.30. The molecule has 0 bridgehead atoms. The molecule has 0 aliphatic carbocycles. The number of nitrogens with one attached hydrogen (secondary N) is 1. The lowest BCUT2D eigenvalue weighted by Crippen LogP contribution is -2.30. The van der Waals surface area contributed by atoms with Crippen LogP contribution in [-0.2, 0) is 0 Å². The standard InChI is InChI=1S/C17H20N4O/c1-11-6-7-15(22-11)13-10-14-16(20-13)17(19-12(2)18-14)21-8-4-3-5-9-21/h6-7,10,20H,3-5,8-9H2,1-2H3. The molecule has 0 saturated carbocycles. The van der Waals surface area contributed by atoms with E-state index in [9.17, 15) is 0 Å². The second-order valence-corrected chi connectivity index (χ2v) is 6.00. The number of anilines is 1.